The van der Waals surface area contributed by atoms with Gasteiger partial charge in [0.1, 0.15) is 0 Å². The topological polar surface area (TPSA) is 43.8 Å². The number of nitrogens with zero attached hydrogens (tertiary/aromatic N) is 2. The molecule has 4 heteroatoms. The SMILES string of the molecule is CN1CCCC(N2CCC(CCC(=O)O)C2)C1. The van der Waals surface area contributed by atoms with Crippen LogP contribution < -0.4 is 0 Å². The highest BCUT2D eigenvalue weighted by Crippen LogP contribution is 2.25. The van der Waals surface area contributed by atoms with Gasteiger partial charge in [-0.1, -0.05) is 0 Å². The monoisotopic (exact) mass is 240 g/mol. The van der Waals surface area contributed by atoms with Gasteiger partial charge in [-0.2, -0.15) is 0 Å². The van der Waals surface area contributed by atoms with E-state index in [1.165, 1.54) is 38.9 Å². The van der Waals surface area contributed by atoms with Crippen molar-refractivity contribution in [2.24, 2.45) is 5.92 Å². The van der Waals surface area contributed by atoms with Crippen LogP contribution in [-0.2, 0) is 4.79 Å². The summed E-state index contributed by atoms with van der Waals surface area (Å²) >= 11 is 0. The zero-order chi connectivity index (χ0) is 12.3. The molecule has 17 heavy (non-hydrogen) atoms. The average Bonchev–Trinajstić information content (AvgIpc) is 2.75. The van der Waals surface area contributed by atoms with Gasteiger partial charge in [0.2, 0.25) is 0 Å². The molecule has 1 N–H and O–H groups in total. The van der Waals surface area contributed by atoms with Crippen molar-refractivity contribution in [1.29, 1.82) is 0 Å². The van der Waals surface area contributed by atoms with Gasteiger partial charge in [0.05, 0.1) is 0 Å². The fourth-order valence-electron chi connectivity index (χ4n) is 3.19. The Hall–Kier alpha value is -0.610. The minimum atomic E-state index is -0.652. The lowest BCUT2D eigenvalue weighted by atomic mass is 10.0. The first-order valence-electron chi connectivity index (χ1n) is 6.79. The van der Waals surface area contributed by atoms with E-state index in [4.69, 9.17) is 5.11 Å². The average molecular weight is 240 g/mol. The Labute approximate surface area is 104 Å². The van der Waals surface area contributed by atoms with Crippen molar-refractivity contribution in [3.8, 4) is 0 Å². The first kappa shape index (κ1) is 12.8. The van der Waals surface area contributed by atoms with Crippen molar-refractivity contribution in [2.45, 2.75) is 38.1 Å². The molecule has 2 saturated heterocycles. The van der Waals surface area contributed by atoms with Crippen molar-refractivity contribution in [3.05, 3.63) is 0 Å². The van der Waals surface area contributed by atoms with Gasteiger partial charge in [0, 0.05) is 25.6 Å². The van der Waals surface area contributed by atoms with Crippen molar-refractivity contribution < 1.29 is 9.90 Å². The van der Waals surface area contributed by atoms with E-state index in [2.05, 4.69) is 16.8 Å². The van der Waals surface area contributed by atoms with Gasteiger partial charge in [-0.3, -0.25) is 9.69 Å². The third kappa shape index (κ3) is 3.68. The molecule has 0 aromatic carbocycles. The molecule has 0 spiro atoms. The fourth-order valence-corrected chi connectivity index (χ4v) is 3.19. The highest BCUT2D eigenvalue weighted by molar-refractivity contribution is 5.66. The molecule has 0 amide bonds. The zero-order valence-corrected chi connectivity index (χ0v) is 10.8. The van der Waals surface area contributed by atoms with Crippen LogP contribution in [0.5, 0.6) is 0 Å². The number of carbonyl (C=O) groups is 1. The van der Waals surface area contributed by atoms with Crippen LogP contribution in [0.2, 0.25) is 0 Å². The molecule has 2 fully saturated rings. The van der Waals surface area contributed by atoms with Gasteiger partial charge < -0.3 is 10.0 Å². The lowest BCUT2D eigenvalue weighted by molar-refractivity contribution is -0.137. The second kappa shape index (κ2) is 5.83. The number of hydrogen-bond donors (Lipinski definition) is 1. The summed E-state index contributed by atoms with van der Waals surface area (Å²) in [5.41, 5.74) is 0. The van der Waals surface area contributed by atoms with Gasteiger partial charge in [-0.05, 0) is 51.7 Å². The van der Waals surface area contributed by atoms with Gasteiger partial charge in [-0.25, -0.2) is 0 Å². The van der Waals surface area contributed by atoms with Crippen LogP contribution in [0.4, 0.5) is 0 Å². The standard InChI is InChI=1S/C13H24N2O2/c1-14-7-2-3-12(10-14)15-8-6-11(9-15)4-5-13(16)17/h11-12H,2-10H2,1H3,(H,16,17). The molecule has 2 unspecified atom stereocenters. The van der Waals surface area contributed by atoms with Crippen LogP contribution >= 0.6 is 0 Å². The van der Waals surface area contributed by atoms with Crippen molar-refractivity contribution >= 4 is 5.97 Å². The lowest BCUT2D eigenvalue weighted by Gasteiger charge is -2.35. The van der Waals surface area contributed by atoms with E-state index in [1.807, 2.05) is 0 Å². The number of rotatable bonds is 4. The Morgan fingerprint density at radius 3 is 2.82 bits per heavy atom. The first-order valence-corrected chi connectivity index (χ1v) is 6.79. The quantitative estimate of drug-likeness (QED) is 0.803. The van der Waals surface area contributed by atoms with Crippen LogP contribution in [0.3, 0.4) is 0 Å². The Kier molecular flexibility index (Phi) is 4.40. The molecule has 0 radical (unpaired) electrons. The Morgan fingerprint density at radius 1 is 1.29 bits per heavy atom. The van der Waals surface area contributed by atoms with Crippen LogP contribution in [0.1, 0.15) is 32.1 Å². The van der Waals surface area contributed by atoms with E-state index in [0.29, 0.717) is 18.4 Å². The van der Waals surface area contributed by atoms with Crippen LogP contribution in [-0.4, -0.2) is 60.1 Å². The number of hydrogen-bond acceptors (Lipinski definition) is 3. The molecule has 2 atom stereocenters. The van der Waals surface area contributed by atoms with Crippen LogP contribution in [0.15, 0.2) is 0 Å². The van der Waals surface area contributed by atoms with E-state index >= 15 is 0 Å². The smallest absolute Gasteiger partial charge is 0.303 e. The number of likely N-dealkylation sites (tertiary alicyclic amines) is 2. The van der Waals surface area contributed by atoms with Crippen LogP contribution in [0.25, 0.3) is 0 Å². The molecule has 4 nitrogen and oxygen atoms in total. The minimum absolute atomic E-state index is 0.336. The summed E-state index contributed by atoms with van der Waals surface area (Å²) in [6.07, 6.45) is 5.00. The van der Waals surface area contributed by atoms with Gasteiger partial charge in [-0.15, -0.1) is 0 Å². The predicted molar refractivity (Wildman–Crippen MR) is 67.1 cm³/mol. The summed E-state index contributed by atoms with van der Waals surface area (Å²) in [5, 5.41) is 8.70. The van der Waals surface area contributed by atoms with E-state index in [9.17, 15) is 4.79 Å². The summed E-state index contributed by atoms with van der Waals surface area (Å²) < 4.78 is 0. The largest absolute Gasteiger partial charge is 0.481 e. The fraction of sp³-hybridized carbons (Fsp3) is 0.923. The van der Waals surface area contributed by atoms with E-state index in [0.717, 1.165) is 13.0 Å². The number of piperidine rings is 1. The molecule has 2 aliphatic heterocycles. The Morgan fingerprint density at radius 2 is 2.12 bits per heavy atom. The number of likely N-dealkylation sites (N-methyl/N-ethyl adjacent to an activating group) is 1. The maximum atomic E-state index is 10.6. The van der Waals surface area contributed by atoms with Crippen molar-refractivity contribution in [2.75, 3.05) is 33.2 Å². The third-order valence-corrected chi connectivity index (χ3v) is 4.20. The predicted octanol–water partition coefficient (Wildman–Crippen LogP) is 1.27. The molecule has 0 aromatic heterocycles. The Balaban J connectivity index is 1.75. The molecule has 0 bridgehead atoms. The number of aliphatic carboxylic acids is 1. The molecule has 2 heterocycles. The highest BCUT2D eigenvalue weighted by Gasteiger charge is 2.30. The second-order valence-electron chi connectivity index (χ2n) is 5.64. The molecule has 0 aromatic rings. The lowest BCUT2D eigenvalue weighted by Crippen LogP contribution is -2.45. The third-order valence-electron chi connectivity index (χ3n) is 4.20. The van der Waals surface area contributed by atoms with Gasteiger partial charge in [0.25, 0.3) is 0 Å². The summed E-state index contributed by atoms with van der Waals surface area (Å²) in [5.74, 6) is -0.0424. The number of carboxylic acids is 1. The van der Waals surface area contributed by atoms with E-state index in [-0.39, 0.29) is 0 Å². The Bertz CT molecular complexity index is 270. The minimum Gasteiger partial charge on any atom is -0.481 e. The van der Waals surface area contributed by atoms with Crippen LogP contribution in [0, 0.1) is 5.92 Å². The van der Waals surface area contributed by atoms with E-state index in [1.54, 1.807) is 0 Å². The van der Waals surface area contributed by atoms with E-state index < -0.39 is 5.97 Å². The molecule has 2 aliphatic rings. The van der Waals surface area contributed by atoms with Crippen molar-refractivity contribution in [3.63, 3.8) is 0 Å². The zero-order valence-electron chi connectivity index (χ0n) is 10.8. The summed E-state index contributed by atoms with van der Waals surface area (Å²) in [6, 6.07) is 0.712. The summed E-state index contributed by atoms with van der Waals surface area (Å²) in [7, 11) is 2.20. The molecule has 98 valence electrons. The summed E-state index contributed by atoms with van der Waals surface area (Å²) in [4.78, 5) is 15.6. The molecule has 0 saturated carbocycles. The van der Waals surface area contributed by atoms with Crippen molar-refractivity contribution in [1.82, 2.24) is 9.80 Å². The number of carboxylic acid groups (broad SMARTS) is 1. The summed E-state index contributed by atoms with van der Waals surface area (Å²) in [6.45, 7) is 4.70. The molecule has 2 rings (SSSR count). The molecular formula is C13H24N2O2. The molecular weight excluding hydrogens is 216 g/mol. The maximum absolute atomic E-state index is 10.6. The maximum Gasteiger partial charge on any atom is 0.303 e. The second-order valence-corrected chi connectivity index (χ2v) is 5.64. The van der Waals surface area contributed by atoms with Gasteiger partial charge >= 0.3 is 5.97 Å². The first-order chi connectivity index (χ1) is 8.15. The highest BCUT2D eigenvalue weighted by atomic mass is 16.4. The van der Waals surface area contributed by atoms with Gasteiger partial charge in [0.15, 0.2) is 0 Å². The molecule has 0 aliphatic carbocycles. The normalized spacial score (nSPS) is 31.8.